The van der Waals surface area contributed by atoms with Gasteiger partial charge in [-0.15, -0.1) is 0 Å². The lowest BCUT2D eigenvalue weighted by atomic mass is 10.2. The summed E-state index contributed by atoms with van der Waals surface area (Å²) in [5.41, 5.74) is -7.15. The van der Waals surface area contributed by atoms with Crippen LogP contribution in [0.25, 0.3) is 5.69 Å². The minimum absolute atomic E-state index is 0.0392. The lowest BCUT2D eigenvalue weighted by molar-refractivity contribution is -0.385. The number of carbonyl (C=O) groups excluding carboxylic acids is 1. The normalized spacial score (nSPS) is 12.2. The van der Waals surface area contributed by atoms with Gasteiger partial charge in [0.05, 0.1) is 16.7 Å². The number of carbonyl (C=O) groups is 1. The standard InChI is InChI=1S/C21H17F4N5O7/c1-3-14(10(2)31)37-19-15(5-4-6-27-19)36-16-8-12(11(22)7-13(16)30(34)35)28-18(32)9-17(21(23,24)25)29(26)20(28)33/h4-9,14H,3,26H2,1-2H3. The number of rotatable bonds is 8. The highest BCUT2D eigenvalue weighted by Gasteiger charge is 2.36. The fourth-order valence-corrected chi connectivity index (χ4v) is 3.17. The van der Waals surface area contributed by atoms with Gasteiger partial charge in [0.25, 0.3) is 11.4 Å². The summed E-state index contributed by atoms with van der Waals surface area (Å²) in [4.78, 5) is 51.0. The molecule has 2 heterocycles. The Morgan fingerprint density at radius 3 is 2.49 bits per heavy atom. The van der Waals surface area contributed by atoms with Gasteiger partial charge >= 0.3 is 17.6 Å². The van der Waals surface area contributed by atoms with Gasteiger partial charge in [-0.25, -0.2) is 23.4 Å². The summed E-state index contributed by atoms with van der Waals surface area (Å²) in [6.07, 6.45) is -4.61. The predicted octanol–water partition coefficient (Wildman–Crippen LogP) is 2.71. The number of aromatic nitrogens is 3. The van der Waals surface area contributed by atoms with Gasteiger partial charge in [0, 0.05) is 18.3 Å². The van der Waals surface area contributed by atoms with Gasteiger partial charge in [-0.05, 0) is 25.5 Å². The zero-order valence-electron chi connectivity index (χ0n) is 19.0. The van der Waals surface area contributed by atoms with Crippen LogP contribution < -0.4 is 26.6 Å². The van der Waals surface area contributed by atoms with E-state index in [9.17, 15) is 42.1 Å². The third-order valence-electron chi connectivity index (χ3n) is 4.93. The third kappa shape index (κ3) is 5.41. The molecule has 0 amide bonds. The molecule has 37 heavy (non-hydrogen) atoms. The number of ketones is 1. The van der Waals surface area contributed by atoms with Crippen LogP contribution in [0.4, 0.5) is 23.2 Å². The highest BCUT2D eigenvalue weighted by Crippen LogP contribution is 2.38. The van der Waals surface area contributed by atoms with Crippen molar-refractivity contribution in [3.05, 3.63) is 79.0 Å². The molecule has 0 spiro atoms. The molecule has 1 aromatic carbocycles. The molecule has 2 aromatic heterocycles. The summed E-state index contributed by atoms with van der Waals surface area (Å²) in [6, 6.07) is 3.42. The Balaban J connectivity index is 2.20. The maximum atomic E-state index is 14.8. The van der Waals surface area contributed by atoms with E-state index in [1.54, 1.807) is 6.92 Å². The number of alkyl halides is 3. The first-order valence-corrected chi connectivity index (χ1v) is 10.3. The molecule has 3 aromatic rings. The largest absolute Gasteiger partial charge is 0.464 e. The van der Waals surface area contributed by atoms with Gasteiger partial charge in [-0.1, -0.05) is 6.92 Å². The number of ether oxygens (including phenoxy) is 2. The molecule has 1 atom stereocenters. The van der Waals surface area contributed by atoms with Crippen LogP contribution in [0.15, 0.2) is 46.1 Å². The van der Waals surface area contributed by atoms with Crippen molar-refractivity contribution in [2.45, 2.75) is 32.5 Å². The predicted molar refractivity (Wildman–Crippen MR) is 118 cm³/mol. The van der Waals surface area contributed by atoms with Crippen LogP contribution >= 0.6 is 0 Å². The average molecular weight is 527 g/mol. The number of Topliss-reactive ketones (excluding diaryl/α,β-unsaturated/α-hetero) is 1. The second-order valence-electron chi connectivity index (χ2n) is 7.42. The molecule has 0 saturated heterocycles. The molecule has 0 aliphatic heterocycles. The molecule has 12 nitrogen and oxygen atoms in total. The zero-order chi connectivity index (χ0) is 27.7. The van der Waals surface area contributed by atoms with E-state index in [0.717, 1.165) is 0 Å². The Bertz CT molecular complexity index is 1500. The van der Waals surface area contributed by atoms with E-state index >= 15 is 0 Å². The Labute approximate surface area is 203 Å². The highest BCUT2D eigenvalue weighted by atomic mass is 19.4. The van der Waals surface area contributed by atoms with Crippen LogP contribution in [0.1, 0.15) is 26.0 Å². The van der Waals surface area contributed by atoms with Crippen molar-refractivity contribution in [3.63, 3.8) is 0 Å². The molecule has 0 bridgehead atoms. The molecule has 0 radical (unpaired) electrons. The van der Waals surface area contributed by atoms with E-state index in [-0.39, 0.29) is 34.5 Å². The first-order chi connectivity index (χ1) is 17.3. The van der Waals surface area contributed by atoms with Gasteiger partial charge in [0.1, 0.15) is 0 Å². The first-order valence-electron chi connectivity index (χ1n) is 10.3. The van der Waals surface area contributed by atoms with Gasteiger partial charge in [-0.2, -0.15) is 13.2 Å². The molecule has 0 aliphatic rings. The van der Waals surface area contributed by atoms with Crippen LogP contribution in [0.2, 0.25) is 0 Å². The number of nitrogens with zero attached hydrogens (tertiary/aromatic N) is 4. The minimum Gasteiger partial charge on any atom is -0.464 e. The first kappa shape index (κ1) is 26.8. The fraction of sp³-hybridized carbons (Fsp3) is 0.238. The third-order valence-corrected chi connectivity index (χ3v) is 4.93. The molecule has 16 heteroatoms. The molecule has 3 rings (SSSR count). The van der Waals surface area contributed by atoms with Crippen LogP contribution in [0, 0.1) is 15.9 Å². The number of nitrogens with two attached hydrogens (primary N) is 1. The molecule has 0 aliphatic carbocycles. The van der Waals surface area contributed by atoms with E-state index in [1.165, 1.54) is 25.3 Å². The van der Waals surface area contributed by atoms with Gasteiger partial charge < -0.3 is 15.3 Å². The number of nitro groups is 1. The lowest BCUT2D eigenvalue weighted by Crippen LogP contribution is -2.45. The number of halogens is 4. The Morgan fingerprint density at radius 2 is 1.92 bits per heavy atom. The second kappa shape index (κ2) is 10.1. The van der Waals surface area contributed by atoms with E-state index in [4.69, 9.17) is 15.3 Å². The summed E-state index contributed by atoms with van der Waals surface area (Å²) in [5.74, 6) is 2.06. The second-order valence-corrected chi connectivity index (χ2v) is 7.42. The maximum absolute atomic E-state index is 14.8. The summed E-state index contributed by atoms with van der Waals surface area (Å²) in [6.45, 7) is 2.92. The quantitative estimate of drug-likeness (QED) is 0.201. The SMILES string of the molecule is CCC(Oc1ncccc1Oc1cc(-n2c(=O)cc(C(F)(F)F)n(N)c2=O)c(F)cc1[N+](=O)[O-])C(C)=O. The molecule has 0 saturated carbocycles. The maximum Gasteiger partial charge on any atom is 0.433 e. The lowest BCUT2D eigenvalue weighted by Gasteiger charge is -2.17. The Morgan fingerprint density at radius 1 is 1.24 bits per heavy atom. The smallest absolute Gasteiger partial charge is 0.433 e. The average Bonchev–Trinajstić information content (AvgIpc) is 2.81. The topological polar surface area (TPSA) is 162 Å². The Kier molecular flexibility index (Phi) is 7.31. The number of hydrogen-bond donors (Lipinski definition) is 1. The van der Waals surface area contributed by atoms with Crippen molar-refractivity contribution < 1.29 is 36.8 Å². The Hall–Kier alpha value is -4.76. The van der Waals surface area contributed by atoms with Crippen LogP contribution in [-0.2, 0) is 11.0 Å². The minimum atomic E-state index is -5.18. The molecular weight excluding hydrogens is 510 g/mol. The van der Waals surface area contributed by atoms with Crippen molar-refractivity contribution in [1.29, 1.82) is 0 Å². The number of nitrogen functional groups attached to an aromatic ring is 1. The molecule has 1 unspecified atom stereocenters. The van der Waals surface area contributed by atoms with E-state index in [2.05, 4.69) is 4.98 Å². The fourth-order valence-electron chi connectivity index (χ4n) is 3.17. The zero-order valence-corrected chi connectivity index (χ0v) is 19.0. The molecular formula is C21H17F4N5O7. The number of pyridine rings is 1. The number of benzene rings is 1. The molecule has 2 N–H and O–H groups in total. The summed E-state index contributed by atoms with van der Waals surface area (Å²) < 4.78 is 64.6. The van der Waals surface area contributed by atoms with Crippen LogP contribution in [-0.4, -0.2) is 31.0 Å². The highest BCUT2D eigenvalue weighted by molar-refractivity contribution is 5.80. The van der Waals surface area contributed by atoms with Gasteiger partial charge in [0.15, 0.2) is 29.1 Å². The number of nitro benzene ring substituents is 1. The van der Waals surface area contributed by atoms with Crippen LogP contribution in [0.3, 0.4) is 0 Å². The summed E-state index contributed by atoms with van der Waals surface area (Å²) >= 11 is 0. The summed E-state index contributed by atoms with van der Waals surface area (Å²) in [5, 5.41) is 11.5. The van der Waals surface area contributed by atoms with Crippen molar-refractivity contribution in [2.24, 2.45) is 0 Å². The van der Waals surface area contributed by atoms with Crippen molar-refractivity contribution in [1.82, 2.24) is 14.2 Å². The molecule has 196 valence electrons. The summed E-state index contributed by atoms with van der Waals surface area (Å²) in [7, 11) is 0. The number of hydrogen-bond acceptors (Lipinski definition) is 9. The van der Waals surface area contributed by atoms with Gasteiger partial charge in [0.2, 0.25) is 5.75 Å². The van der Waals surface area contributed by atoms with Crippen LogP contribution in [0.5, 0.6) is 17.4 Å². The van der Waals surface area contributed by atoms with Crippen molar-refractivity contribution >= 4 is 11.5 Å². The van der Waals surface area contributed by atoms with E-state index in [1.807, 2.05) is 0 Å². The van der Waals surface area contributed by atoms with Crippen molar-refractivity contribution in [2.75, 3.05) is 5.84 Å². The van der Waals surface area contributed by atoms with E-state index in [0.29, 0.717) is 12.1 Å². The van der Waals surface area contributed by atoms with Crippen molar-refractivity contribution in [3.8, 4) is 23.1 Å². The monoisotopic (exact) mass is 527 g/mol. The van der Waals surface area contributed by atoms with Gasteiger partial charge in [-0.3, -0.25) is 19.7 Å². The van der Waals surface area contributed by atoms with E-state index < -0.39 is 61.8 Å². The molecule has 0 fully saturated rings.